The summed E-state index contributed by atoms with van der Waals surface area (Å²) in [5.41, 5.74) is 4.20. The molecule has 2 atom stereocenters. The van der Waals surface area contributed by atoms with E-state index in [1.54, 1.807) is 5.01 Å². The van der Waals surface area contributed by atoms with Crippen molar-refractivity contribution in [3.05, 3.63) is 5.43 Å². The maximum Gasteiger partial charge on any atom is 0.338 e. The molecule has 2 saturated heterocycles. The highest BCUT2D eigenvalue weighted by Gasteiger charge is 2.41. The predicted octanol–water partition coefficient (Wildman–Crippen LogP) is -4.44. The van der Waals surface area contributed by atoms with Gasteiger partial charge in [-0.25, -0.2) is 0 Å². The van der Waals surface area contributed by atoms with E-state index in [1.807, 2.05) is 0 Å². The quantitative estimate of drug-likeness (QED) is 0.175. The molecule has 0 radical (unpaired) electrons. The molecule has 2 aliphatic rings. The molecule has 0 aromatic carbocycles. The standard InChI is InChI=1S/C3H6IN2/c1-3-5-6(3)2-4-1/h3,6H,1-2H2/q+1/t3-/m1/s1. The Morgan fingerprint density at radius 3 is 3.00 bits per heavy atom. The average Bonchev–Trinajstić information content (AvgIpc) is 2.17. The van der Waals surface area contributed by atoms with Gasteiger partial charge in [-0.2, -0.15) is 0 Å². The molecule has 2 heterocycles. The highest BCUT2D eigenvalue weighted by atomic mass is 127. The normalized spacial score (nSPS) is 52.0. The van der Waals surface area contributed by atoms with Crippen molar-refractivity contribution in [2.24, 2.45) is 0 Å². The molecular formula is C3H6IN2+. The van der Waals surface area contributed by atoms with Crippen molar-refractivity contribution in [2.75, 3.05) is 8.98 Å². The van der Waals surface area contributed by atoms with Crippen LogP contribution in [-0.2, 0) is 0 Å². The number of nitrogens with one attached hydrogen (secondary N) is 1. The third-order valence-corrected chi connectivity index (χ3v) is 3.90. The van der Waals surface area contributed by atoms with Gasteiger partial charge < -0.3 is 10.4 Å². The molecule has 1 N–H and O–H groups in total. The van der Waals surface area contributed by atoms with E-state index in [-0.39, 0.29) is 0 Å². The van der Waals surface area contributed by atoms with E-state index in [4.69, 9.17) is 0 Å². The first-order valence-corrected chi connectivity index (χ1v) is 5.12. The van der Waals surface area contributed by atoms with E-state index in [0.29, 0.717) is 21.2 Å². The number of hydrogen-bond donors (Lipinski definition) is 1. The van der Waals surface area contributed by atoms with Crippen LogP contribution in [0.1, 0.15) is 0 Å². The number of nitrogens with zero attached hydrogens (tertiary/aromatic N) is 1. The van der Waals surface area contributed by atoms with Crippen LogP contribution in [0.25, 0.3) is 5.43 Å². The molecule has 0 bridgehead atoms. The monoisotopic (exact) mass is 197 g/mol. The molecule has 0 amide bonds. The van der Waals surface area contributed by atoms with E-state index in [2.05, 4.69) is 5.43 Å². The molecule has 2 nitrogen and oxygen atoms in total. The van der Waals surface area contributed by atoms with Crippen LogP contribution in [0.2, 0.25) is 0 Å². The molecule has 0 saturated carbocycles. The van der Waals surface area contributed by atoms with Crippen LogP contribution in [0.4, 0.5) is 0 Å². The van der Waals surface area contributed by atoms with Gasteiger partial charge in [-0.3, -0.25) is 0 Å². The van der Waals surface area contributed by atoms with Gasteiger partial charge >= 0.3 is 21.2 Å². The fraction of sp³-hybridized carbons (Fsp3) is 1.00. The smallest absolute Gasteiger partial charge is 0.338 e. The van der Waals surface area contributed by atoms with Gasteiger partial charge in [-0.1, -0.05) is 0 Å². The summed E-state index contributed by atoms with van der Waals surface area (Å²) in [6.07, 6.45) is 0.804. The maximum absolute atomic E-state index is 4.20. The first-order chi connectivity index (χ1) is 2.97. The van der Waals surface area contributed by atoms with Crippen molar-refractivity contribution in [3.8, 4) is 0 Å². The van der Waals surface area contributed by atoms with Gasteiger partial charge in [0.15, 0.2) is 4.43 Å². The van der Waals surface area contributed by atoms with Crippen LogP contribution in [0.5, 0.6) is 0 Å². The van der Waals surface area contributed by atoms with Gasteiger partial charge in [0.25, 0.3) is 4.55 Å². The summed E-state index contributed by atoms with van der Waals surface area (Å²) in [5.74, 6) is 0. The summed E-state index contributed by atoms with van der Waals surface area (Å²) in [5, 5.41) is 1.54. The Hall–Kier alpha value is 0.650. The van der Waals surface area contributed by atoms with Gasteiger partial charge in [0.2, 0.25) is 0 Å². The summed E-state index contributed by atoms with van der Waals surface area (Å²) >= 11 is 0.621. The van der Waals surface area contributed by atoms with E-state index < -0.39 is 0 Å². The zero-order chi connectivity index (χ0) is 3.98. The predicted molar refractivity (Wildman–Crippen MR) is 17.8 cm³/mol. The molecule has 34 valence electrons. The van der Waals surface area contributed by atoms with Crippen molar-refractivity contribution in [1.29, 1.82) is 0 Å². The lowest BCUT2D eigenvalue weighted by Gasteiger charge is -1.79. The zero-order valence-corrected chi connectivity index (χ0v) is 5.47. The Kier molecular flexibility index (Phi) is 0.651. The molecule has 6 heavy (non-hydrogen) atoms. The second kappa shape index (κ2) is 1.08. The Labute approximate surface area is 47.1 Å². The van der Waals surface area contributed by atoms with Crippen molar-refractivity contribution in [3.63, 3.8) is 0 Å². The first-order valence-electron chi connectivity index (χ1n) is 2.07. The second-order valence-corrected chi connectivity index (χ2v) is 4.34. The lowest BCUT2D eigenvalue weighted by atomic mass is 10.7. The molecule has 0 aromatic rings. The number of hydrogen-bond acceptors (Lipinski definition) is 0. The molecule has 0 aromatic heterocycles. The van der Waals surface area contributed by atoms with Gasteiger partial charge in [-0.15, -0.1) is 0 Å². The van der Waals surface area contributed by atoms with E-state index in [0.717, 1.165) is 6.17 Å². The van der Waals surface area contributed by atoms with Crippen LogP contribution in [0.3, 0.4) is 0 Å². The van der Waals surface area contributed by atoms with Crippen LogP contribution >= 0.6 is 0 Å². The SMILES string of the molecule is C1[I+]C[NH+]2[N-][C@@H]12. The van der Waals surface area contributed by atoms with E-state index in [9.17, 15) is 0 Å². The Bertz CT molecular complexity index is 67.2. The van der Waals surface area contributed by atoms with Crippen molar-refractivity contribution in [1.82, 2.24) is 0 Å². The maximum atomic E-state index is 4.20. The molecule has 2 fully saturated rings. The summed E-state index contributed by atoms with van der Waals surface area (Å²) < 4.78 is 2.89. The van der Waals surface area contributed by atoms with Crippen LogP contribution < -0.4 is 26.2 Å². The molecule has 1 unspecified atom stereocenters. The number of quaternary nitrogens is 1. The Morgan fingerprint density at radius 1 is 1.83 bits per heavy atom. The fourth-order valence-electron chi connectivity index (χ4n) is 0.665. The summed E-state index contributed by atoms with van der Waals surface area (Å²) in [6.45, 7) is 0. The number of alkyl halides is 2. The molecule has 2 rings (SSSR count). The Morgan fingerprint density at radius 2 is 2.83 bits per heavy atom. The van der Waals surface area contributed by atoms with Gasteiger partial charge in [0.05, 0.1) is 6.17 Å². The minimum atomic E-state index is 0.621. The van der Waals surface area contributed by atoms with E-state index in [1.165, 1.54) is 8.98 Å². The van der Waals surface area contributed by atoms with Gasteiger partial charge in [0, 0.05) is 0 Å². The van der Waals surface area contributed by atoms with Gasteiger partial charge in [0.1, 0.15) is 0 Å². The summed E-state index contributed by atoms with van der Waals surface area (Å²) in [7, 11) is 0. The fourth-order valence-corrected chi connectivity index (χ4v) is 3.53. The molecule has 0 aliphatic carbocycles. The largest absolute Gasteiger partial charge is 0.395 e. The second-order valence-electron chi connectivity index (χ2n) is 1.61. The van der Waals surface area contributed by atoms with Crippen molar-refractivity contribution >= 4 is 0 Å². The third kappa shape index (κ3) is 0.387. The molecule has 3 heteroatoms. The van der Waals surface area contributed by atoms with Gasteiger partial charge in [-0.05, 0) is 0 Å². The third-order valence-electron chi connectivity index (χ3n) is 1.13. The topological polar surface area (TPSA) is 18.5 Å². The Balaban J connectivity index is 2.09. The highest BCUT2D eigenvalue weighted by Crippen LogP contribution is 1.93. The first kappa shape index (κ1) is 3.63. The lowest BCUT2D eigenvalue weighted by molar-refractivity contribution is -0.858. The average molecular weight is 197 g/mol. The van der Waals surface area contributed by atoms with Crippen LogP contribution in [0, 0.1) is 0 Å². The number of halogens is 1. The van der Waals surface area contributed by atoms with Crippen LogP contribution in [-0.4, -0.2) is 15.1 Å². The molecule has 2 aliphatic heterocycles. The highest BCUT2D eigenvalue weighted by molar-refractivity contribution is 4.82. The molecular weight excluding hydrogens is 191 g/mol. The minimum Gasteiger partial charge on any atom is -0.395 e. The minimum absolute atomic E-state index is 0.621. The zero-order valence-electron chi connectivity index (χ0n) is 3.32. The van der Waals surface area contributed by atoms with Crippen LogP contribution in [0.15, 0.2) is 0 Å². The summed E-state index contributed by atoms with van der Waals surface area (Å²) in [6, 6.07) is 0. The summed E-state index contributed by atoms with van der Waals surface area (Å²) in [4.78, 5) is 0. The van der Waals surface area contributed by atoms with E-state index >= 15 is 0 Å². The van der Waals surface area contributed by atoms with Crippen molar-refractivity contribution in [2.45, 2.75) is 6.17 Å². The molecule has 0 spiro atoms. The number of fused-ring (bicyclic) bond motifs is 1. The van der Waals surface area contributed by atoms with Crippen molar-refractivity contribution < 1.29 is 26.2 Å². The number of rotatable bonds is 0. The lowest BCUT2D eigenvalue weighted by Crippen LogP contribution is -3.65.